The van der Waals surface area contributed by atoms with Crippen molar-refractivity contribution >= 4 is 29.9 Å². The number of halogens is 1. The summed E-state index contributed by atoms with van der Waals surface area (Å²) in [7, 11) is 1.86. The van der Waals surface area contributed by atoms with Crippen LogP contribution < -0.4 is 16.4 Å². The SMILES string of the molecule is Cl.Cn1cc([C@H]2CNC[C@@H]2C(=O)Nc2ccc(C(N)=O)cc2)cn1. The fourth-order valence-corrected chi connectivity index (χ4v) is 2.89. The minimum atomic E-state index is -0.487. The zero-order valence-electron chi connectivity index (χ0n) is 13.2. The van der Waals surface area contributed by atoms with E-state index in [1.54, 1.807) is 35.1 Å². The Morgan fingerprint density at radius 3 is 2.58 bits per heavy atom. The summed E-state index contributed by atoms with van der Waals surface area (Å²) in [5.74, 6) is -0.584. The summed E-state index contributed by atoms with van der Waals surface area (Å²) in [4.78, 5) is 23.6. The Hall–Kier alpha value is -2.38. The molecule has 1 aliphatic heterocycles. The minimum Gasteiger partial charge on any atom is -0.366 e. The molecule has 1 aromatic carbocycles. The van der Waals surface area contributed by atoms with Crippen LogP contribution in [-0.4, -0.2) is 34.7 Å². The van der Waals surface area contributed by atoms with Crippen LogP contribution in [-0.2, 0) is 11.8 Å². The van der Waals surface area contributed by atoms with Crippen LogP contribution >= 0.6 is 12.4 Å². The fraction of sp³-hybridized carbons (Fsp3) is 0.312. The quantitative estimate of drug-likeness (QED) is 0.762. The lowest BCUT2D eigenvalue weighted by molar-refractivity contribution is -0.119. The van der Waals surface area contributed by atoms with E-state index in [1.165, 1.54) is 0 Å². The number of primary amides is 1. The third-order valence-electron chi connectivity index (χ3n) is 4.14. The average molecular weight is 350 g/mol. The predicted octanol–water partition coefficient (Wildman–Crippen LogP) is 0.882. The summed E-state index contributed by atoms with van der Waals surface area (Å²) in [6, 6.07) is 6.56. The highest BCUT2D eigenvalue weighted by molar-refractivity contribution is 5.96. The van der Waals surface area contributed by atoms with E-state index in [-0.39, 0.29) is 30.2 Å². The van der Waals surface area contributed by atoms with Gasteiger partial charge in [-0.15, -0.1) is 12.4 Å². The van der Waals surface area contributed by atoms with Gasteiger partial charge < -0.3 is 16.4 Å². The van der Waals surface area contributed by atoms with Crippen molar-refractivity contribution < 1.29 is 9.59 Å². The topological polar surface area (TPSA) is 102 Å². The number of aromatic nitrogens is 2. The first-order valence-corrected chi connectivity index (χ1v) is 7.44. The van der Waals surface area contributed by atoms with Gasteiger partial charge in [0.15, 0.2) is 0 Å². The summed E-state index contributed by atoms with van der Waals surface area (Å²) in [5.41, 5.74) is 7.33. The highest BCUT2D eigenvalue weighted by atomic mass is 35.5. The normalized spacial score (nSPS) is 19.5. The van der Waals surface area contributed by atoms with Crippen LogP contribution in [0.15, 0.2) is 36.7 Å². The zero-order valence-corrected chi connectivity index (χ0v) is 14.0. The molecule has 24 heavy (non-hydrogen) atoms. The van der Waals surface area contributed by atoms with Crippen LogP contribution in [0, 0.1) is 5.92 Å². The molecule has 0 unspecified atom stereocenters. The molecule has 0 bridgehead atoms. The number of hydrogen-bond donors (Lipinski definition) is 3. The molecule has 128 valence electrons. The molecule has 0 spiro atoms. The Balaban J connectivity index is 0.00000208. The van der Waals surface area contributed by atoms with Gasteiger partial charge in [0.1, 0.15) is 0 Å². The number of amides is 2. The summed E-state index contributed by atoms with van der Waals surface area (Å²) >= 11 is 0. The molecule has 1 aromatic heterocycles. The van der Waals surface area contributed by atoms with Crippen molar-refractivity contribution in [2.75, 3.05) is 18.4 Å². The maximum Gasteiger partial charge on any atom is 0.248 e. The van der Waals surface area contributed by atoms with E-state index in [0.717, 1.165) is 12.1 Å². The molecule has 0 saturated carbocycles. The molecule has 8 heteroatoms. The van der Waals surface area contributed by atoms with Crippen molar-refractivity contribution in [1.29, 1.82) is 0 Å². The van der Waals surface area contributed by atoms with Gasteiger partial charge in [-0.1, -0.05) is 0 Å². The minimum absolute atomic E-state index is 0. The standard InChI is InChI=1S/C16H19N5O2.ClH/c1-21-9-11(6-19-21)13-7-18-8-14(13)16(23)20-12-4-2-10(3-5-12)15(17)22;/h2-6,9,13-14,18H,7-8H2,1H3,(H2,17,22)(H,20,23);1H/t13-,14+;/m1./s1. The second kappa shape index (κ2) is 7.46. The average Bonchev–Trinajstić information content (AvgIpc) is 3.16. The third kappa shape index (κ3) is 3.74. The molecule has 1 fully saturated rings. The molecule has 7 nitrogen and oxygen atoms in total. The molecule has 1 saturated heterocycles. The predicted molar refractivity (Wildman–Crippen MR) is 93.1 cm³/mol. The van der Waals surface area contributed by atoms with Crippen molar-refractivity contribution in [3.05, 3.63) is 47.8 Å². The zero-order chi connectivity index (χ0) is 16.4. The molecule has 2 heterocycles. The molecule has 0 radical (unpaired) electrons. The van der Waals surface area contributed by atoms with Crippen molar-refractivity contribution in [1.82, 2.24) is 15.1 Å². The van der Waals surface area contributed by atoms with Crippen LogP contribution in [0.4, 0.5) is 5.69 Å². The van der Waals surface area contributed by atoms with Crippen LogP contribution in [0.25, 0.3) is 0 Å². The highest BCUT2D eigenvalue weighted by Gasteiger charge is 2.34. The van der Waals surface area contributed by atoms with Crippen molar-refractivity contribution in [2.24, 2.45) is 18.7 Å². The molecule has 3 rings (SSSR count). The van der Waals surface area contributed by atoms with E-state index in [0.29, 0.717) is 17.8 Å². The molecule has 0 aliphatic carbocycles. The maximum absolute atomic E-state index is 12.6. The van der Waals surface area contributed by atoms with E-state index in [9.17, 15) is 9.59 Å². The van der Waals surface area contributed by atoms with Crippen LogP contribution in [0.2, 0.25) is 0 Å². The van der Waals surface area contributed by atoms with Gasteiger partial charge >= 0.3 is 0 Å². The lowest BCUT2D eigenvalue weighted by atomic mass is 9.90. The number of nitrogens with two attached hydrogens (primary N) is 1. The molecular weight excluding hydrogens is 330 g/mol. The number of aryl methyl sites for hydroxylation is 1. The van der Waals surface area contributed by atoms with Crippen LogP contribution in [0.1, 0.15) is 21.8 Å². The van der Waals surface area contributed by atoms with E-state index in [1.807, 2.05) is 13.2 Å². The fourth-order valence-electron chi connectivity index (χ4n) is 2.89. The largest absolute Gasteiger partial charge is 0.366 e. The molecule has 2 amide bonds. The van der Waals surface area contributed by atoms with Gasteiger partial charge in [-0.2, -0.15) is 5.10 Å². The Morgan fingerprint density at radius 1 is 1.29 bits per heavy atom. The van der Waals surface area contributed by atoms with Gasteiger partial charge in [0.2, 0.25) is 11.8 Å². The Labute approximate surface area is 146 Å². The van der Waals surface area contributed by atoms with Gasteiger partial charge in [-0.3, -0.25) is 14.3 Å². The molecule has 2 atom stereocenters. The van der Waals surface area contributed by atoms with E-state index in [2.05, 4.69) is 15.7 Å². The number of benzene rings is 1. The van der Waals surface area contributed by atoms with Gasteiger partial charge in [0.25, 0.3) is 0 Å². The summed E-state index contributed by atoms with van der Waals surface area (Å²) in [6.07, 6.45) is 3.75. The lowest BCUT2D eigenvalue weighted by Gasteiger charge is -2.17. The van der Waals surface area contributed by atoms with Gasteiger partial charge in [-0.05, 0) is 29.8 Å². The lowest BCUT2D eigenvalue weighted by Crippen LogP contribution is -2.28. The van der Waals surface area contributed by atoms with Gasteiger partial charge in [0, 0.05) is 43.5 Å². The summed E-state index contributed by atoms with van der Waals surface area (Å²) in [6.45, 7) is 1.38. The number of hydrogen-bond acceptors (Lipinski definition) is 4. The molecular formula is C16H20ClN5O2. The maximum atomic E-state index is 12.6. The smallest absolute Gasteiger partial charge is 0.248 e. The first kappa shape index (κ1) is 18.0. The monoisotopic (exact) mass is 349 g/mol. The van der Waals surface area contributed by atoms with Gasteiger partial charge in [0.05, 0.1) is 12.1 Å². The number of nitrogens with zero attached hydrogens (tertiary/aromatic N) is 2. The van der Waals surface area contributed by atoms with Crippen molar-refractivity contribution in [3.63, 3.8) is 0 Å². The van der Waals surface area contributed by atoms with Gasteiger partial charge in [-0.25, -0.2) is 0 Å². The number of nitrogens with one attached hydrogen (secondary N) is 2. The number of carbonyl (C=O) groups is 2. The first-order chi connectivity index (χ1) is 11.0. The van der Waals surface area contributed by atoms with Crippen molar-refractivity contribution in [3.8, 4) is 0 Å². The number of rotatable bonds is 4. The third-order valence-corrected chi connectivity index (χ3v) is 4.14. The molecule has 4 N–H and O–H groups in total. The second-order valence-electron chi connectivity index (χ2n) is 5.75. The second-order valence-corrected chi connectivity index (χ2v) is 5.75. The molecule has 2 aromatic rings. The van der Waals surface area contributed by atoms with E-state index in [4.69, 9.17) is 5.73 Å². The summed E-state index contributed by atoms with van der Waals surface area (Å²) in [5, 5.41) is 10.3. The molecule has 1 aliphatic rings. The number of anilines is 1. The summed E-state index contributed by atoms with van der Waals surface area (Å²) < 4.78 is 1.74. The van der Waals surface area contributed by atoms with Crippen LogP contribution in [0.3, 0.4) is 0 Å². The van der Waals surface area contributed by atoms with Crippen LogP contribution in [0.5, 0.6) is 0 Å². The Kier molecular flexibility index (Phi) is 5.58. The van der Waals surface area contributed by atoms with Crippen molar-refractivity contribution in [2.45, 2.75) is 5.92 Å². The highest BCUT2D eigenvalue weighted by Crippen LogP contribution is 2.28. The Bertz CT molecular complexity index is 728. The number of carbonyl (C=O) groups excluding carboxylic acids is 2. The van der Waals surface area contributed by atoms with E-state index >= 15 is 0 Å². The Morgan fingerprint density at radius 2 is 2.00 bits per heavy atom. The van der Waals surface area contributed by atoms with E-state index < -0.39 is 5.91 Å². The first-order valence-electron chi connectivity index (χ1n) is 7.44.